The lowest BCUT2D eigenvalue weighted by Crippen LogP contribution is -2.27. The van der Waals surface area contributed by atoms with E-state index in [-0.39, 0.29) is 0 Å². The van der Waals surface area contributed by atoms with Gasteiger partial charge in [-0.15, -0.1) is 0 Å². The molecule has 0 radical (unpaired) electrons. The molecule has 0 heterocycles. The Morgan fingerprint density at radius 2 is 2.25 bits per heavy atom. The third-order valence-electron chi connectivity index (χ3n) is 3.07. The Kier molecular flexibility index (Phi) is 4.08. The van der Waals surface area contributed by atoms with Crippen molar-refractivity contribution in [1.29, 1.82) is 0 Å². The van der Waals surface area contributed by atoms with Crippen molar-refractivity contribution in [2.75, 3.05) is 19.0 Å². The Bertz CT molecular complexity index is 363. The monoisotopic (exact) mass is 331 g/mol. The van der Waals surface area contributed by atoms with E-state index in [0.29, 0.717) is 6.04 Å². The number of methoxy groups -OCH3 is 1. The van der Waals surface area contributed by atoms with Crippen LogP contribution in [-0.4, -0.2) is 19.8 Å². The number of ether oxygens (including phenoxy) is 1. The Balaban J connectivity index is 2.05. The number of halogens is 1. The predicted octanol–water partition coefficient (Wildman–Crippen LogP) is 3.44. The van der Waals surface area contributed by atoms with Crippen molar-refractivity contribution in [2.45, 2.75) is 25.8 Å². The maximum atomic E-state index is 5.28. The average Bonchev–Trinajstić information content (AvgIpc) is 3.04. The molecule has 2 nitrogen and oxygen atoms in total. The third-order valence-corrected chi connectivity index (χ3v) is 3.74. The summed E-state index contributed by atoms with van der Waals surface area (Å²) in [5, 5.41) is 3.61. The summed E-state index contributed by atoms with van der Waals surface area (Å²) in [6.07, 6.45) is 2.68. The number of rotatable bonds is 5. The van der Waals surface area contributed by atoms with Gasteiger partial charge in [-0.25, -0.2) is 0 Å². The molecule has 88 valence electrons. The zero-order chi connectivity index (χ0) is 11.5. The first-order chi connectivity index (χ1) is 7.70. The van der Waals surface area contributed by atoms with Gasteiger partial charge in [-0.3, -0.25) is 0 Å². The van der Waals surface area contributed by atoms with Crippen LogP contribution in [0, 0.1) is 16.4 Å². The van der Waals surface area contributed by atoms with E-state index in [2.05, 4.69) is 53.0 Å². The quantitative estimate of drug-likeness (QED) is 0.835. The van der Waals surface area contributed by atoms with Crippen molar-refractivity contribution < 1.29 is 4.74 Å². The summed E-state index contributed by atoms with van der Waals surface area (Å²) in [4.78, 5) is 0. The van der Waals surface area contributed by atoms with Gasteiger partial charge in [-0.05, 0) is 72.0 Å². The molecule has 1 atom stereocenters. The number of hydrogen-bond acceptors (Lipinski definition) is 2. The molecule has 1 aromatic carbocycles. The number of anilines is 1. The molecule has 1 aliphatic carbocycles. The van der Waals surface area contributed by atoms with Crippen molar-refractivity contribution >= 4 is 28.3 Å². The van der Waals surface area contributed by atoms with E-state index in [1.807, 2.05) is 0 Å². The summed E-state index contributed by atoms with van der Waals surface area (Å²) in [6, 6.07) is 7.00. The second-order valence-corrected chi connectivity index (χ2v) is 5.75. The first-order valence-electron chi connectivity index (χ1n) is 5.72. The minimum absolute atomic E-state index is 0.476. The largest absolute Gasteiger partial charge is 0.383 e. The summed E-state index contributed by atoms with van der Waals surface area (Å²) >= 11 is 2.35. The highest BCUT2D eigenvalue weighted by Gasteiger charge is 2.31. The molecule has 0 saturated heterocycles. The van der Waals surface area contributed by atoms with Gasteiger partial charge in [0.1, 0.15) is 0 Å². The maximum Gasteiger partial charge on any atom is 0.0666 e. The zero-order valence-corrected chi connectivity index (χ0v) is 12.0. The molecule has 3 heteroatoms. The maximum absolute atomic E-state index is 5.28. The Labute approximate surface area is 111 Å². The highest BCUT2D eigenvalue weighted by atomic mass is 127. The number of nitrogens with one attached hydrogen (secondary N) is 1. The van der Waals surface area contributed by atoms with Crippen molar-refractivity contribution in [3.63, 3.8) is 0 Å². The molecule has 0 bridgehead atoms. The summed E-state index contributed by atoms with van der Waals surface area (Å²) in [7, 11) is 1.78. The minimum atomic E-state index is 0.476. The van der Waals surface area contributed by atoms with Crippen LogP contribution in [0.5, 0.6) is 0 Å². The summed E-state index contributed by atoms with van der Waals surface area (Å²) < 4.78 is 6.56. The molecule has 1 aliphatic rings. The summed E-state index contributed by atoms with van der Waals surface area (Å²) in [5.74, 6) is 0.804. The molecule has 2 rings (SSSR count). The van der Waals surface area contributed by atoms with Gasteiger partial charge < -0.3 is 10.1 Å². The average molecular weight is 331 g/mol. The van der Waals surface area contributed by atoms with Crippen LogP contribution >= 0.6 is 22.6 Å². The van der Waals surface area contributed by atoms with Gasteiger partial charge in [0, 0.05) is 16.4 Å². The van der Waals surface area contributed by atoms with Crippen LogP contribution in [0.1, 0.15) is 18.4 Å². The highest BCUT2D eigenvalue weighted by molar-refractivity contribution is 14.1. The van der Waals surface area contributed by atoms with E-state index in [1.165, 1.54) is 27.7 Å². The topological polar surface area (TPSA) is 21.3 Å². The first-order valence-corrected chi connectivity index (χ1v) is 6.80. The molecule has 1 aromatic rings. The Hall–Kier alpha value is -0.290. The van der Waals surface area contributed by atoms with Gasteiger partial charge in [0.2, 0.25) is 0 Å². The first kappa shape index (κ1) is 12.2. The fraction of sp³-hybridized carbons (Fsp3) is 0.538. The van der Waals surface area contributed by atoms with Crippen LogP contribution in [0.2, 0.25) is 0 Å². The molecule has 16 heavy (non-hydrogen) atoms. The van der Waals surface area contributed by atoms with E-state index in [0.717, 1.165) is 12.5 Å². The summed E-state index contributed by atoms with van der Waals surface area (Å²) in [6.45, 7) is 2.96. The second-order valence-electron chi connectivity index (χ2n) is 4.50. The Morgan fingerprint density at radius 3 is 2.81 bits per heavy atom. The number of hydrogen-bond donors (Lipinski definition) is 1. The van der Waals surface area contributed by atoms with Crippen LogP contribution in [-0.2, 0) is 4.74 Å². The van der Waals surface area contributed by atoms with E-state index in [9.17, 15) is 0 Å². The predicted molar refractivity (Wildman–Crippen MR) is 75.9 cm³/mol. The minimum Gasteiger partial charge on any atom is -0.383 e. The molecular weight excluding hydrogens is 313 g/mol. The second kappa shape index (κ2) is 5.36. The van der Waals surface area contributed by atoms with Gasteiger partial charge in [-0.1, -0.05) is 0 Å². The SMILES string of the molecule is COCC(Nc1ccc(I)cc1C)C1CC1. The molecule has 1 saturated carbocycles. The smallest absolute Gasteiger partial charge is 0.0666 e. The van der Waals surface area contributed by atoms with Gasteiger partial charge in [0.25, 0.3) is 0 Å². The lowest BCUT2D eigenvalue weighted by atomic mass is 10.1. The van der Waals surface area contributed by atoms with Gasteiger partial charge in [-0.2, -0.15) is 0 Å². The van der Waals surface area contributed by atoms with E-state index in [1.54, 1.807) is 7.11 Å². The van der Waals surface area contributed by atoms with Gasteiger partial charge >= 0.3 is 0 Å². The van der Waals surface area contributed by atoms with Crippen molar-refractivity contribution in [1.82, 2.24) is 0 Å². The lowest BCUT2D eigenvalue weighted by Gasteiger charge is -2.20. The van der Waals surface area contributed by atoms with E-state index in [4.69, 9.17) is 4.74 Å². The molecule has 1 unspecified atom stereocenters. The lowest BCUT2D eigenvalue weighted by molar-refractivity contribution is 0.179. The standard InChI is InChI=1S/C13H18INO/c1-9-7-11(14)5-6-12(9)15-13(8-16-2)10-3-4-10/h5-7,10,13,15H,3-4,8H2,1-2H3. The van der Waals surface area contributed by atoms with Crippen molar-refractivity contribution in [3.05, 3.63) is 27.3 Å². The molecule has 1 N–H and O–H groups in total. The third kappa shape index (κ3) is 3.10. The van der Waals surface area contributed by atoms with Crippen LogP contribution < -0.4 is 5.32 Å². The molecule has 0 aliphatic heterocycles. The van der Waals surface area contributed by atoms with Crippen LogP contribution in [0.4, 0.5) is 5.69 Å². The van der Waals surface area contributed by atoms with Crippen LogP contribution in [0.25, 0.3) is 0 Å². The Morgan fingerprint density at radius 1 is 1.50 bits per heavy atom. The van der Waals surface area contributed by atoms with Gasteiger partial charge in [0.05, 0.1) is 12.6 Å². The molecule has 1 fully saturated rings. The normalized spacial score (nSPS) is 17.2. The zero-order valence-electron chi connectivity index (χ0n) is 9.79. The van der Waals surface area contributed by atoms with E-state index >= 15 is 0 Å². The number of aryl methyl sites for hydroxylation is 1. The highest BCUT2D eigenvalue weighted by Crippen LogP contribution is 2.34. The summed E-state index contributed by atoms with van der Waals surface area (Å²) in [5.41, 5.74) is 2.56. The van der Waals surface area contributed by atoms with Crippen LogP contribution in [0.15, 0.2) is 18.2 Å². The fourth-order valence-electron chi connectivity index (χ4n) is 1.96. The number of benzene rings is 1. The molecule has 0 spiro atoms. The van der Waals surface area contributed by atoms with Gasteiger partial charge in [0.15, 0.2) is 0 Å². The van der Waals surface area contributed by atoms with E-state index < -0.39 is 0 Å². The molecular formula is C13H18INO. The fourth-order valence-corrected chi connectivity index (χ4v) is 2.61. The molecule has 0 amide bonds. The van der Waals surface area contributed by atoms with Crippen LogP contribution in [0.3, 0.4) is 0 Å². The van der Waals surface area contributed by atoms with Crippen molar-refractivity contribution in [2.24, 2.45) is 5.92 Å². The molecule has 0 aromatic heterocycles. The van der Waals surface area contributed by atoms with Crippen molar-refractivity contribution in [3.8, 4) is 0 Å².